The van der Waals surface area contributed by atoms with E-state index in [1.165, 1.54) is 6.42 Å². The number of hydrogen-bond donors (Lipinski definition) is 1. The van der Waals surface area contributed by atoms with E-state index in [0.717, 1.165) is 24.7 Å². The molecule has 1 N–H and O–H groups in total. The highest BCUT2D eigenvalue weighted by Crippen LogP contribution is 2.05. The first-order chi connectivity index (χ1) is 6.26. The maximum absolute atomic E-state index is 4.29. The lowest BCUT2D eigenvalue weighted by atomic mass is 10.1. The Morgan fingerprint density at radius 2 is 2.38 bits per heavy atom. The minimum atomic E-state index is 0.733. The Labute approximate surface area is 80.2 Å². The summed E-state index contributed by atoms with van der Waals surface area (Å²) in [4.78, 5) is 4.29. The van der Waals surface area contributed by atoms with Gasteiger partial charge in [-0.1, -0.05) is 20.3 Å². The van der Waals surface area contributed by atoms with Crippen molar-refractivity contribution >= 4 is 0 Å². The average molecular weight is 181 g/mol. The van der Waals surface area contributed by atoms with Crippen LogP contribution in [-0.4, -0.2) is 16.6 Å². The molecule has 0 spiro atoms. The fourth-order valence-electron chi connectivity index (χ4n) is 1.27. The van der Waals surface area contributed by atoms with Crippen molar-refractivity contribution in [1.29, 1.82) is 0 Å². The zero-order valence-electron chi connectivity index (χ0n) is 8.75. The number of hydrogen-bond acceptors (Lipinski definition) is 2. The standard InChI is InChI=1S/C10H19N3/c1-4-9(2)6-13-7-10(5-11-3)12-8-13/h7-9,11H,4-6H2,1-3H3. The van der Waals surface area contributed by atoms with Crippen LogP contribution in [0.1, 0.15) is 26.0 Å². The molecule has 3 nitrogen and oxygen atoms in total. The zero-order chi connectivity index (χ0) is 9.68. The quantitative estimate of drug-likeness (QED) is 0.748. The van der Waals surface area contributed by atoms with Crippen LogP contribution in [0, 0.1) is 5.92 Å². The molecular formula is C10H19N3. The summed E-state index contributed by atoms with van der Waals surface area (Å²) in [6, 6.07) is 0. The van der Waals surface area contributed by atoms with Gasteiger partial charge in [-0.05, 0) is 13.0 Å². The van der Waals surface area contributed by atoms with E-state index in [2.05, 4.69) is 34.9 Å². The molecule has 1 aromatic rings. The van der Waals surface area contributed by atoms with Gasteiger partial charge in [0.2, 0.25) is 0 Å². The summed E-state index contributed by atoms with van der Waals surface area (Å²) in [6.45, 7) is 6.41. The molecule has 3 heteroatoms. The van der Waals surface area contributed by atoms with Crippen molar-refractivity contribution in [2.45, 2.75) is 33.4 Å². The third kappa shape index (κ3) is 3.19. The molecule has 0 aromatic carbocycles. The Hall–Kier alpha value is -0.830. The van der Waals surface area contributed by atoms with Crippen LogP contribution in [0.25, 0.3) is 0 Å². The summed E-state index contributed by atoms with van der Waals surface area (Å²) in [6.07, 6.45) is 5.25. The number of rotatable bonds is 5. The van der Waals surface area contributed by atoms with Crippen molar-refractivity contribution in [2.24, 2.45) is 5.92 Å². The lowest BCUT2D eigenvalue weighted by Gasteiger charge is -2.07. The Bertz CT molecular complexity index is 242. The van der Waals surface area contributed by atoms with E-state index in [4.69, 9.17) is 0 Å². The van der Waals surface area contributed by atoms with Crippen molar-refractivity contribution in [3.05, 3.63) is 18.2 Å². The van der Waals surface area contributed by atoms with E-state index >= 15 is 0 Å². The molecule has 0 aliphatic carbocycles. The molecule has 13 heavy (non-hydrogen) atoms. The van der Waals surface area contributed by atoms with Crippen molar-refractivity contribution in [1.82, 2.24) is 14.9 Å². The van der Waals surface area contributed by atoms with Crippen LogP contribution in [0.15, 0.2) is 12.5 Å². The minimum absolute atomic E-state index is 0.733. The highest BCUT2D eigenvalue weighted by molar-refractivity contribution is 4.95. The summed E-state index contributed by atoms with van der Waals surface area (Å²) in [5, 5.41) is 3.09. The van der Waals surface area contributed by atoms with E-state index in [1.807, 2.05) is 13.4 Å². The molecule has 1 heterocycles. The first-order valence-electron chi connectivity index (χ1n) is 4.91. The topological polar surface area (TPSA) is 29.9 Å². The van der Waals surface area contributed by atoms with Crippen LogP contribution in [0.5, 0.6) is 0 Å². The fourth-order valence-corrected chi connectivity index (χ4v) is 1.27. The van der Waals surface area contributed by atoms with Gasteiger partial charge in [0.1, 0.15) is 0 Å². The van der Waals surface area contributed by atoms with E-state index in [1.54, 1.807) is 0 Å². The lowest BCUT2D eigenvalue weighted by Crippen LogP contribution is -2.06. The van der Waals surface area contributed by atoms with Gasteiger partial charge in [0.25, 0.3) is 0 Å². The molecule has 0 aliphatic rings. The van der Waals surface area contributed by atoms with Gasteiger partial charge in [-0.15, -0.1) is 0 Å². The summed E-state index contributed by atoms with van der Waals surface area (Å²) >= 11 is 0. The van der Waals surface area contributed by atoms with Gasteiger partial charge in [0, 0.05) is 19.3 Å². The van der Waals surface area contributed by atoms with Gasteiger partial charge >= 0.3 is 0 Å². The fraction of sp³-hybridized carbons (Fsp3) is 0.700. The minimum Gasteiger partial charge on any atom is -0.337 e. The van der Waals surface area contributed by atoms with Crippen LogP contribution >= 0.6 is 0 Å². The van der Waals surface area contributed by atoms with E-state index < -0.39 is 0 Å². The van der Waals surface area contributed by atoms with Gasteiger partial charge in [-0.2, -0.15) is 0 Å². The highest BCUT2D eigenvalue weighted by atomic mass is 15.0. The molecule has 0 fully saturated rings. The molecule has 0 bridgehead atoms. The molecule has 0 amide bonds. The number of aromatic nitrogens is 2. The monoisotopic (exact) mass is 181 g/mol. The van der Waals surface area contributed by atoms with Crippen molar-refractivity contribution < 1.29 is 0 Å². The average Bonchev–Trinajstić information content (AvgIpc) is 2.53. The van der Waals surface area contributed by atoms with E-state index in [9.17, 15) is 0 Å². The molecule has 1 unspecified atom stereocenters. The number of nitrogens with zero attached hydrogens (tertiary/aromatic N) is 2. The lowest BCUT2D eigenvalue weighted by molar-refractivity contribution is 0.468. The second-order valence-corrected chi connectivity index (χ2v) is 3.61. The van der Waals surface area contributed by atoms with E-state index in [0.29, 0.717) is 0 Å². The second-order valence-electron chi connectivity index (χ2n) is 3.61. The first kappa shape index (κ1) is 10.3. The zero-order valence-corrected chi connectivity index (χ0v) is 8.75. The second kappa shape index (κ2) is 5.02. The molecular weight excluding hydrogens is 162 g/mol. The third-order valence-corrected chi connectivity index (χ3v) is 2.26. The van der Waals surface area contributed by atoms with Crippen molar-refractivity contribution in [3.63, 3.8) is 0 Å². The Morgan fingerprint density at radius 3 is 3.00 bits per heavy atom. The summed E-state index contributed by atoms with van der Waals surface area (Å²) in [5.74, 6) is 0.733. The van der Waals surface area contributed by atoms with Gasteiger partial charge in [-0.3, -0.25) is 0 Å². The Kier molecular flexibility index (Phi) is 3.96. The van der Waals surface area contributed by atoms with Gasteiger partial charge < -0.3 is 9.88 Å². The SMILES string of the molecule is CCC(C)Cn1cnc(CNC)c1. The number of nitrogens with one attached hydrogen (secondary N) is 1. The first-order valence-corrected chi connectivity index (χ1v) is 4.91. The smallest absolute Gasteiger partial charge is 0.0950 e. The van der Waals surface area contributed by atoms with Crippen LogP contribution in [0.4, 0.5) is 0 Å². The molecule has 1 atom stereocenters. The van der Waals surface area contributed by atoms with E-state index in [-0.39, 0.29) is 0 Å². The van der Waals surface area contributed by atoms with Gasteiger partial charge in [-0.25, -0.2) is 4.98 Å². The Morgan fingerprint density at radius 1 is 1.62 bits per heavy atom. The maximum atomic E-state index is 4.29. The number of imidazole rings is 1. The van der Waals surface area contributed by atoms with Crippen LogP contribution in [0.3, 0.4) is 0 Å². The largest absolute Gasteiger partial charge is 0.337 e. The summed E-state index contributed by atoms with van der Waals surface area (Å²) in [7, 11) is 1.94. The predicted molar refractivity (Wildman–Crippen MR) is 54.4 cm³/mol. The molecule has 1 rings (SSSR count). The molecule has 0 saturated heterocycles. The Balaban J connectivity index is 2.48. The molecule has 0 aliphatic heterocycles. The summed E-state index contributed by atoms with van der Waals surface area (Å²) in [5.41, 5.74) is 1.12. The third-order valence-electron chi connectivity index (χ3n) is 2.26. The highest BCUT2D eigenvalue weighted by Gasteiger charge is 2.01. The van der Waals surface area contributed by atoms with Gasteiger partial charge in [0.05, 0.1) is 12.0 Å². The predicted octanol–water partition coefficient (Wildman–Crippen LogP) is 1.65. The molecule has 74 valence electrons. The van der Waals surface area contributed by atoms with Crippen LogP contribution in [-0.2, 0) is 13.1 Å². The molecule has 0 radical (unpaired) electrons. The normalized spacial score (nSPS) is 13.2. The van der Waals surface area contributed by atoms with Crippen LogP contribution in [0.2, 0.25) is 0 Å². The summed E-state index contributed by atoms with van der Waals surface area (Å²) < 4.78 is 2.17. The maximum Gasteiger partial charge on any atom is 0.0950 e. The molecule has 0 saturated carbocycles. The van der Waals surface area contributed by atoms with Gasteiger partial charge in [0.15, 0.2) is 0 Å². The van der Waals surface area contributed by atoms with Crippen molar-refractivity contribution in [3.8, 4) is 0 Å². The van der Waals surface area contributed by atoms with Crippen molar-refractivity contribution in [2.75, 3.05) is 7.05 Å². The van der Waals surface area contributed by atoms with Crippen LogP contribution < -0.4 is 5.32 Å². The molecule has 1 aromatic heterocycles.